The maximum atomic E-state index is 12.1. The van der Waals surface area contributed by atoms with Gasteiger partial charge in [-0.1, -0.05) is 46.7 Å². The molecule has 0 spiro atoms. The summed E-state index contributed by atoms with van der Waals surface area (Å²) in [5.41, 5.74) is 5.59. The molecule has 3 N–H and O–H groups in total. The molecule has 6 nitrogen and oxygen atoms in total. The Morgan fingerprint density at radius 2 is 1.92 bits per heavy atom. The summed E-state index contributed by atoms with van der Waals surface area (Å²) in [5, 5.41) is 3.65. The summed E-state index contributed by atoms with van der Waals surface area (Å²) < 4.78 is 0.727. The number of carbonyl (C=O) groups excluding carboxylic acids is 1. The van der Waals surface area contributed by atoms with E-state index >= 15 is 0 Å². The van der Waals surface area contributed by atoms with Crippen molar-refractivity contribution in [2.75, 3.05) is 0 Å². The van der Waals surface area contributed by atoms with E-state index in [1.165, 1.54) is 29.5 Å². The quantitative estimate of drug-likeness (QED) is 0.516. The fourth-order valence-electron chi connectivity index (χ4n) is 2.01. The third-order valence-corrected chi connectivity index (χ3v) is 4.84. The number of aromatic nitrogens is 1. The minimum atomic E-state index is -0.507. The van der Waals surface area contributed by atoms with Gasteiger partial charge in [0.25, 0.3) is 11.5 Å². The van der Waals surface area contributed by atoms with Crippen molar-refractivity contribution in [3.63, 3.8) is 0 Å². The first-order valence-electron chi connectivity index (χ1n) is 6.94. The van der Waals surface area contributed by atoms with Gasteiger partial charge in [-0.3, -0.25) is 14.9 Å². The van der Waals surface area contributed by atoms with E-state index in [2.05, 4.69) is 15.3 Å². The molecule has 1 aromatic heterocycles. The van der Waals surface area contributed by atoms with E-state index in [0.29, 0.717) is 10.4 Å². The molecule has 0 saturated carbocycles. The number of nitrogens with two attached hydrogens (primary N) is 1. The molecular formula is C16H10Cl2N4O2S. The fraction of sp³-hybridized carbons (Fsp3) is 0. The molecule has 0 radical (unpaired) electrons. The molecule has 1 amide bonds. The van der Waals surface area contributed by atoms with Crippen molar-refractivity contribution in [2.45, 2.75) is 0 Å². The second kappa shape index (κ2) is 7.18. The average molecular weight is 393 g/mol. The molecule has 0 bridgehead atoms. The van der Waals surface area contributed by atoms with Gasteiger partial charge in [-0.2, -0.15) is 9.98 Å². The van der Waals surface area contributed by atoms with Crippen LogP contribution in [0.3, 0.4) is 0 Å². The zero-order valence-corrected chi connectivity index (χ0v) is 14.8. The van der Waals surface area contributed by atoms with Crippen molar-refractivity contribution in [3.05, 3.63) is 68.4 Å². The van der Waals surface area contributed by atoms with Gasteiger partial charge in [-0.15, -0.1) is 0 Å². The number of rotatable bonds is 2. The molecule has 25 heavy (non-hydrogen) atoms. The Labute approximate surface area is 155 Å². The number of nitrogens with zero attached hydrogens (tertiary/aromatic N) is 2. The molecule has 0 unspecified atom stereocenters. The van der Waals surface area contributed by atoms with Gasteiger partial charge in [-0.25, -0.2) is 0 Å². The molecule has 1 heterocycles. The lowest BCUT2D eigenvalue weighted by atomic mass is 10.2. The maximum absolute atomic E-state index is 12.1. The number of hydrogen-bond donors (Lipinski definition) is 2. The average Bonchev–Trinajstić information content (AvgIpc) is 2.57. The SMILES string of the molecule is N/C(=N\c1nc(=O)c2ccccc2s1)NC(=O)c1ccc(Cl)c(Cl)c1. The summed E-state index contributed by atoms with van der Waals surface area (Å²) in [5.74, 6) is -0.692. The highest BCUT2D eigenvalue weighted by Crippen LogP contribution is 2.23. The molecule has 0 fully saturated rings. The zero-order valence-electron chi connectivity index (χ0n) is 12.5. The van der Waals surface area contributed by atoms with Gasteiger partial charge in [0.2, 0.25) is 11.1 Å². The molecule has 0 aliphatic carbocycles. The standard InChI is InChI=1S/C16H10Cl2N4O2S/c17-10-6-5-8(7-11(10)18)13(23)20-15(19)22-16-21-14(24)9-3-1-2-4-12(9)25-16/h1-7H,(H3,19,20,21,22,23,24). The van der Waals surface area contributed by atoms with E-state index in [1.807, 2.05) is 0 Å². The highest BCUT2D eigenvalue weighted by atomic mass is 35.5. The first-order valence-corrected chi connectivity index (χ1v) is 8.52. The van der Waals surface area contributed by atoms with Gasteiger partial charge in [0, 0.05) is 10.3 Å². The van der Waals surface area contributed by atoms with Crippen molar-refractivity contribution < 1.29 is 4.79 Å². The summed E-state index contributed by atoms with van der Waals surface area (Å²) in [7, 11) is 0. The lowest BCUT2D eigenvalue weighted by Gasteiger charge is -2.05. The number of aliphatic imine (C=N–C) groups is 1. The summed E-state index contributed by atoms with van der Waals surface area (Å²) in [4.78, 5) is 31.9. The first kappa shape index (κ1) is 17.3. The number of carbonyl (C=O) groups is 1. The van der Waals surface area contributed by atoms with Gasteiger partial charge in [-0.05, 0) is 30.3 Å². The number of nitrogens with one attached hydrogen (secondary N) is 1. The van der Waals surface area contributed by atoms with Crippen LogP contribution in [0.4, 0.5) is 5.13 Å². The van der Waals surface area contributed by atoms with E-state index in [0.717, 1.165) is 4.70 Å². The lowest BCUT2D eigenvalue weighted by Crippen LogP contribution is -2.36. The first-order chi connectivity index (χ1) is 11.9. The minimum Gasteiger partial charge on any atom is -0.369 e. The predicted molar refractivity (Wildman–Crippen MR) is 101 cm³/mol. The van der Waals surface area contributed by atoms with Gasteiger partial charge in [0.05, 0.1) is 15.4 Å². The Kier molecular flexibility index (Phi) is 4.98. The van der Waals surface area contributed by atoms with Crippen molar-refractivity contribution >= 4 is 61.6 Å². The number of fused-ring (bicyclic) bond motifs is 1. The zero-order chi connectivity index (χ0) is 18.0. The lowest BCUT2D eigenvalue weighted by molar-refractivity contribution is 0.0976. The molecule has 126 valence electrons. The molecular weight excluding hydrogens is 383 g/mol. The number of guanidine groups is 1. The van der Waals surface area contributed by atoms with Crippen molar-refractivity contribution in [3.8, 4) is 0 Å². The second-order valence-corrected chi connectivity index (χ2v) is 6.70. The number of hydrogen-bond acceptors (Lipinski definition) is 5. The molecule has 3 aromatic rings. The molecule has 0 aliphatic heterocycles. The van der Waals surface area contributed by atoms with Crippen LogP contribution in [0.15, 0.2) is 52.3 Å². The molecule has 2 aromatic carbocycles. The van der Waals surface area contributed by atoms with Crippen LogP contribution in [0.2, 0.25) is 10.0 Å². The van der Waals surface area contributed by atoms with Crippen LogP contribution in [0.5, 0.6) is 0 Å². The molecule has 3 rings (SSSR count). The van der Waals surface area contributed by atoms with E-state index < -0.39 is 11.5 Å². The summed E-state index contributed by atoms with van der Waals surface area (Å²) in [6.45, 7) is 0. The Morgan fingerprint density at radius 1 is 1.16 bits per heavy atom. The van der Waals surface area contributed by atoms with Crippen molar-refractivity contribution in [2.24, 2.45) is 10.7 Å². The van der Waals surface area contributed by atoms with Gasteiger partial charge < -0.3 is 5.73 Å². The summed E-state index contributed by atoms with van der Waals surface area (Å²) in [6.07, 6.45) is 0. The second-order valence-electron chi connectivity index (χ2n) is 4.88. The van der Waals surface area contributed by atoms with Crippen molar-refractivity contribution in [1.29, 1.82) is 0 Å². The molecule has 0 atom stereocenters. The Morgan fingerprint density at radius 3 is 2.68 bits per heavy atom. The number of halogens is 2. The van der Waals surface area contributed by atoms with E-state index in [-0.39, 0.29) is 21.7 Å². The Bertz CT molecular complexity index is 1070. The molecule has 0 aliphatic rings. The van der Waals surface area contributed by atoms with Crippen LogP contribution in [0, 0.1) is 0 Å². The predicted octanol–water partition coefficient (Wildman–Crippen LogP) is 3.34. The van der Waals surface area contributed by atoms with Crippen molar-refractivity contribution in [1.82, 2.24) is 10.3 Å². The normalized spacial score (nSPS) is 11.5. The largest absolute Gasteiger partial charge is 0.369 e. The number of amides is 1. The van der Waals surface area contributed by atoms with E-state index in [9.17, 15) is 9.59 Å². The topological polar surface area (TPSA) is 97.4 Å². The Hall–Kier alpha value is -2.48. The van der Waals surface area contributed by atoms with Gasteiger partial charge in [0.1, 0.15) is 0 Å². The smallest absolute Gasteiger partial charge is 0.281 e. The minimum absolute atomic E-state index is 0.149. The third kappa shape index (κ3) is 3.96. The fourth-order valence-corrected chi connectivity index (χ4v) is 3.18. The van der Waals surface area contributed by atoms with Crippen LogP contribution in [0.25, 0.3) is 10.1 Å². The Balaban J connectivity index is 1.85. The van der Waals surface area contributed by atoms with Crippen LogP contribution in [-0.2, 0) is 0 Å². The summed E-state index contributed by atoms with van der Waals surface area (Å²) in [6, 6.07) is 11.5. The van der Waals surface area contributed by atoms with Gasteiger partial charge in [0.15, 0.2) is 0 Å². The van der Waals surface area contributed by atoms with Crippen LogP contribution < -0.4 is 16.6 Å². The van der Waals surface area contributed by atoms with Gasteiger partial charge >= 0.3 is 0 Å². The van der Waals surface area contributed by atoms with E-state index in [1.54, 1.807) is 24.3 Å². The molecule has 9 heteroatoms. The van der Waals surface area contributed by atoms with E-state index in [4.69, 9.17) is 28.9 Å². The molecule has 0 saturated heterocycles. The highest BCUT2D eigenvalue weighted by molar-refractivity contribution is 7.21. The number of benzene rings is 2. The summed E-state index contributed by atoms with van der Waals surface area (Å²) >= 11 is 12.9. The van der Waals surface area contributed by atoms with Crippen LogP contribution in [-0.4, -0.2) is 16.9 Å². The van der Waals surface area contributed by atoms with Crippen LogP contribution in [0.1, 0.15) is 10.4 Å². The van der Waals surface area contributed by atoms with Crippen LogP contribution >= 0.6 is 34.5 Å². The maximum Gasteiger partial charge on any atom is 0.281 e. The highest BCUT2D eigenvalue weighted by Gasteiger charge is 2.10. The monoisotopic (exact) mass is 392 g/mol. The third-order valence-electron chi connectivity index (χ3n) is 3.16.